The van der Waals surface area contributed by atoms with Gasteiger partial charge in [0, 0.05) is 0 Å². The van der Waals surface area contributed by atoms with Gasteiger partial charge in [0.2, 0.25) is 0 Å². The number of aryl methyl sites for hydroxylation is 2. The second kappa shape index (κ2) is 14.1. The molecule has 0 N–H and O–H groups in total. The molecule has 0 aromatic heterocycles. The number of hydrogen-bond donors (Lipinski definition) is 0. The molecule has 0 fully saturated rings. The monoisotopic (exact) mass is 500 g/mol. The summed E-state index contributed by atoms with van der Waals surface area (Å²) < 4.78 is 10.5. The van der Waals surface area contributed by atoms with Crippen molar-refractivity contribution in [3.05, 3.63) is 106 Å². The van der Waals surface area contributed by atoms with E-state index in [1.165, 1.54) is 5.56 Å². The van der Waals surface area contributed by atoms with E-state index >= 15 is 0 Å². The lowest BCUT2D eigenvalue weighted by molar-refractivity contribution is 0.0396. The average Bonchev–Trinajstić information content (AvgIpc) is 2.90. The molecule has 0 aliphatic heterocycles. The van der Waals surface area contributed by atoms with Gasteiger partial charge in [-0.3, -0.25) is 0 Å². The van der Waals surface area contributed by atoms with E-state index in [0.717, 1.165) is 36.8 Å². The fraction of sp³-hybridized carbons (Fsp3) is 0.344. The number of rotatable bonds is 12. The first-order chi connectivity index (χ1) is 17.9. The summed E-state index contributed by atoms with van der Waals surface area (Å²) in [6.45, 7) is 6.70. The van der Waals surface area contributed by atoms with E-state index in [2.05, 4.69) is 20.8 Å². The quantitative estimate of drug-likeness (QED) is 0.152. The van der Waals surface area contributed by atoms with Gasteiger partial charge in [0.05, 0.1) is 23.3 Å². The number of benzene rings is 3. The van der Waals surface area contributed by atoms with E-state index < -0.39 is 11.9 Å². The maximum absolute atomic E-state index is 12.5. The summed E-state index contributed by atoms with van der Waals surface area (Å²) in [6.07, 6.45) is 5.44. The average molecular weight is 501 g/mol. The molecule has 3 rings (SSSR count). The third kappa shape index (κ3) is 9.02. The van der Waals surface area contributed by atoms with Gasteiger partial charge >= 0.3 is 17.9 Å². The summed E-state index contributed by atoms with van der Waals surface area (Å²) in [5.74, 6) is -1.18. The molecule has 0 aliphatic carbocycles. The van der Waals surface area contributed by atoms with E-state index in [0.29, 0.717) is 35.4 Å². The second-order valence-electron chi connectivity index (χ2n) is 9.71. The van der Waals surface area contributed by atoms with Crippen LogP contribution in [0.2, 0.25) is 0 Å². The molecule has 0 bridgehead atoms. The third-order valence-corrected chi connectivity index (χ3v) is 6.03. The molecule has 0 atom stereocenters. The van der Waals surface area contributed by atoms with Crippen molar-refractivity contribution in [3.8, 4) is 0 Å². The SMILES string of the molecule is CCCCc1ccc(C(=O)OCCCc2cccc(C(=O)OC(=O)c3ccc(CC(C)C)cc3)c2)cc1. The number of carbonyl (C=O) groups excluding carboxylic acids is 3. The minimum absolute atomic E-state index is 0.274. The van der Waals surface area contributed by atoms with Crippen LogP contribution in [0.25, 0.3) is 0 Å². The Kier molecular flexibility index (Phi) is 10.6. The van der Waals surface area contributed by atoms with Gasteiger partial charge in [-0.1, -0.05) is 63.6 Å². The number of unbranched alkanes of at least 4 members (excludes halogenated alkanes) is 1. The molecule has 5 heteroatoms. The molecule has 0 saturated heterocycles. The van der Waals surface area contributed by atoms with E-state index in [1.54, 1.807) is 30.3 Å². The topological polar surface area (TPSA) is 69.7 Å². The summed E-state index contributed by atoms with van der Waals surface area (Å²) >= 11 is 0. The Bertz CT molecular complexity index is 1180. The van der Waals surface area contributed by atoms with Crippen LogP contribution in [0.15, 0.2) is 72.8 Å². The molecule has 5 nitrogen and oxygen atoms in total. The molecule has 0 unspecified atom stereocenters. The van der Waals surface area contributed by atoms with Crippen LogP contribution in [0.5, 0.6) is 0 Å². The normalized spacial score (nSPS) is 10.8. The molecule has 3 aromatic carbocycles. The molecule has 0 heterocycles. The molecule has 0 saturated carbocycles. The fourth-order valence-corrected chi connectivity index (χ4v) is 4.02. The van der Waals surface area contributed by atoms with Gasteiger partial charge in [-0.05, 0) is 91.1 Å². The molecule has 0 aliphatic rings. The van der Waals surface area contributed by atoms with Crippen molar-refractivity contribution in [2.24, 2.45) is 5.92 Å². The highest BCUT2D eigenvalue weighted by Gasteiger charge is 2.16. The predicted octanol–water partition coefficient (Wildman–Crippen LogP) is 7.01. The lowest BCUT2D eigenvalue weighted by atomic mass is 10.0. The van der Waals surface area contributed by atoms with Crippen molar-refractivity contribution in [1.82, 2.24) is 0 Å². The molecule has 37 heavy (non-hydrogen) atoms. The van der Waals surface area contributed by atoms with Crippen LogP contribution in [-0.4, -0.2) is 24.5 Å². The van der Waals surface area contributed by atoms with Gasteiger partial charge in [-0.2, -0.15) is 0 Å². The highest BCUT2D eigenvalue weighted by Crippen LogP contribution is 2.14. The van der Waals surface area contributed by atoms with Crippen LogP contribution in [0.3, 0.4) is 0 Å². The molecular weight excluding hydrogens is 464 g/mol. The van der Waals surface area contributed by atoms with Crippen molar-refractivity contribution in [3.63, 3.8) is 0 Å². The van der Waals surface area contributed by atoms with E-state index in [-0.39, 0.29) is 12.6 Å². The van der Waals surface area contributed by atoms with Crippen LogP contribution in [0, 0.1) is 5.92 Å². The van der Waals surface area contributed by atoms with Crippen molar-refractivity contribution in [1.29, 1.82) is 0 Å². The Hall–Kier alpha value is -3.73. The van der Waals surface area contributed by atoms with Crippen LogP contribution < -0.4 is 0 Å². The Balaban J connectivity index is 1.45. The Labute approximate surface area is 219 Å². The summed E-state index contributed by atoms with van der Waals surface area (Å²) in [6, 6.07) is 21.7. The van der Waals surface area contributed by atoms with Gasteiger partial charge in [0.1, 0.15) is 0 Å². The summed E-state index contributed by atoms with van der Waals surface area (Å²) in [5, 5.41) is 0. The Morgan fingerprint density at radius 2 is 1.27 bits per heavy atom. The highest BCUT2D eigenvalue weighted by molar-refractivity contribution is 6.02. The lowest BCUT2D eigenvalue weighted by Crippen LogP contribution is -2.13. The first-order valence-corrected chi connectivity index (χ1v) is 13.1. The minimum Gasteiger partial charge on any atom is -0.462 e. The maximum atomic E-state index is 12.5. The molecule has 0 spiro atoms. The van der Waals surface area contributed by atoms with Crippen molar-refractivity contribution in [2.45, 2.75) is 59.3 Å². The first-order valence-electron chi connectivity index (χ1n) is 13.1. The fourth-order valence-electron chi connectivity index (χ4n) is 4.02. The number of ether oxygens (including phenoxy) is 2. The van der Waals surface area contributed by atoms with Gasteiger partial charge in [0.15, 0.2) is 0 Å². The van der Waals surface area contributed by atoms with Crippen molar-refractivity contribution < 1.29 is 23.9 Å². The molecule has 3 aromatic rings. The third-order valence-electron chi connectivity index (χ3n) is 6.03. The Morgan fingerprint density at radius 1 is 0.676 bits per heavy atom. The van der Waals surface area contributed by atoms with Gasteiger partial charge in [0.25, 0.3) is 0 Å². The van der Waals surface area contributed by atoms with Crippen molar-refractivity contribution in [2.75, 3.05) is 6.61 Å². The number of hydrogen-bond acceptors (Lipinski definition) is 5. The van der Waals surface area contributed by atoms with E-state index in [9.17, 15) is 14.4 Å². The molecular formula is C32H36O5. The number of carbonyl (C=O) groups is 3. The van der Waals surface area contributed by atoms with Gasteiger partial charge in [-0.15, -0.1) is 0 Å². The zero-order valence-corrected chi connectivity index (χ0v) is 22.0. The minimum atomic E-state index is -0.688. The summed E-state index contributed by atoms with van der Waals surface area (Å²) in [7, 11) is 0. The zero-order valence-electron chi connectivity index (χ0n) is 22.0. The summed E-state index contributed by atoms with van der Waals surface area (Å²) in [5.41, 5.74) is 4.45. The van der Waals surface area contributed by atoms with Gasteiger partial charge in [-0.25, -0.2) is 14.4 Å². The van der Waals surface area contributed by atoms with Crippen LogP contribution in [0.1, 0.15) is 87.8 Å². The largest absolute Gasteiger partial charge is 0.462 e. The number of esters is 3. The Morgan fingerprint density at radius 3 is 1.92 bits per heavy atom. The molecule has 0 radical (unpaired) electrons. The highest BCUT2D eigenvalue weighted by atomic mass is 16.6. The van der Waals surface area contributed by atoms with E-state index in [1.807, 2.05) is 42.5 Å². The molecule has 0 amide bonds. The van der Waals surface area contributed by atoms with Crippen LogP contribution in [0.4, 0.5) is 0 Å². The first kappa shape index (κ1) is 27.9. The van der Waals surface area contributed by atoms with Crippen molar-refractivity contribution >= 4 is 17.9 Å². The van der Waals surface area contributed by atoms with E-state index in [4.69, 9.17) is 9.47 Å². The lowest BCUT2D eigenvalue weighted by Gasteiger charge is -2.08. The predicted molar refractivity (Wildman–Crippen MR) is 145 cm³/mol. The van der Waals surface area contributed by atoms with Crippen LogP contribution >= 0.6 is 0 Å². The zero-order chi connectivity index (χ0) is 26.6. The van der Waals surface area contributed by atoms with Gasteiger partial charge < -0.3 is 9.47 Å². The summed E-state index contributed by atoms with van der Waals surface area (Å²) in [4.78, 5) is 37.2. The smallest absolute Gasteiger partial charge is 0.346 e. The van der Waals surface area contributed by atoms with Crippen LogP contribution in [-0.2, 0) is 28.7 Å². The second-order valence-corrected chi connectivity index (χ2v) is 9.71. The standard InChI is InChI=1S/C32H36O5/c1-4-5-8-24-12-16-27(17-13-24)30(33)36-20-7-10-25-9-6-11-29(22-25)32(35)37-31(34)28-18-14-26(15-19-28)21-23(2)3/h6,9,11-19,22-23H,4-5,7-8,10,20-21H2,1-3H3. The molecule has 194 valence electrons. The maximum Gasteiger partial charge on any atom is 0.346 e.